The third-order valence-electron chi connectivity index (χ3n) is 2.20. The van der Waals surface area contributed by atoms with Crippen LogP contribution in [0.15, 0.2) is 0 Å². The van der Waals surface area contributed by atoms with Crippen LogP contribution < -0.4 is 0 Å². The first kappa shape index (κ1) is 16.3. The summed E-state index contributed by atoms with van der Waals surface area (Å²) in [5.74, 6) is -0.449. The van der Waals surface area contributed by atoms with Gasteiger partial charge >= 0.3 is 5.97 Å². The van der Waals surface area contributed by atoms with Gasteiger partial charge in [0.05, 0.1) is 12.2 Å². The van der Waals surface area contributed by atoms with E-state index in [0.717, 1.165) is 0 Å². The third-order valence-corrected chi connectivity index (χ3v) is 3.28. The highest BCUT2D eigenvalue weighted by molar-refractivity contribution is 8.00. The highest BCUT2D eigenvalue weighted by Crippen LogP contribution is 2.17. The number of rotatable bonds is 6. The minimum atomic E-state index is -0.872. The van der Waals surface area contributed by atoms with Crippen molar-refractivity contribution >= 4 is 23.6 Å². The predicted molar refractivity (Wildman–Crippen MR) is 71.3 cm³/mol. The summed E-state index contributed by atoms with van der Waals surface area (Å²) < 4.78 is 0. The molecular weight excluding hydrogens is 238 g/mol. The number of hydrogen-bond donors (Lipinski definition) is 1. The van der Waals surface area contributed by atoms with Crippen LogP contribution in [-0.2, 0) is 9.59 Å². The van der Waals surface area contributed by atoms with E-state index in [1.54, 1.807) is 16.7 Å². The summed E-state index contributed by atoms with van der Waals surface area (Å²) in [4.78, 5) is 24.2. The molecule has 1 amide bonds. The Morgan fingerprint density at radius 3 is 2.18 bits per heavy atom. The third kappa shape index (κ3) is 7.26. The van der Waals surface area contributed by atoms with Crippen molar-refractivity contribution in [3.05, 3.63) is 0 Å². The molecule has 0 unspecified atom stereocenters. The molecule has 0 rings (SSSR count). The molecule has 0 fully saturated rings. The van der Waals surface area contributed by atoms with Gasteiger partial charge in [0.1, 0.15) is 0 Å². The number of thioether (sulfide) groups is 1. The monoisotopic (exact) mass is 261 g/mol. The first-order chi connectivity index (χ1) is 7.64. The quantitative estimate of drug-likeness (QED) is 0.796. The van der Waals surface area contributed by atoms with Gasteiger partial charge in [-0.15, -0.1) is 11.8 Å². The zero-order valence-corrected chi connectivity index (χ0v) is 12.1. The van der Waals surface area contributed by atoms with E-state index in [0.29, 0.717) is 11.0 Å². The Morgan fingerprint density at radius 1 is 1.29 bits per heavy atom. The summed E-state index contributed by atoms with van der Waals surface area (Å²) in [6, 6.07) is 0. The highest BCUT2D eigenvalue weighted by Gasteiger charge is 2.26. The molecule has 17 heavy (non-hydrogen) atoms. The van der Waals surface area contributed by atoms with Gasteiger partial charge in [-0.1, -0.05) is 13.8 Å². The van der Waals surface area contributed by atoms with Crippen LogP contribution >= 0.6 is 11.8 Å². The molecule has 0 aliphatic heterocycles. The summed E-state index contributed by atoms with van der Waals surface area (Å²) in [7, 11) is 0. The van der Waals surface area contributed by atoms with Gasteiger partial charge in [0.15, 0.2) is 0 Å². The molecule has 5 heteroatoms. The molecule has 100 valence electrons. The molecule has 1 N–H and O–H groups in total. The Morgan fingerprint density at radius 2 is 1.82 bits per heavy atom. The van der Waals surface area contributed by atoms with E-state index < -0.39 is 5.97 Å². The van der Waals surface area contributed by atoms with Crippen LogP contribution in [-0.4, -0.2) is 45.0 Å². The molecular formula is C12H23NO3S. The number of aliphatic carboxylic acids is 1. The average Bonchev–Trinajstić information content (AvgIpc) is 2.12. The maximum absolute atomic E-state index is 12.0. The molecule has 0 heterocycles. The van der Waals surface area contributed by atoms with Crippen molar-refractivity contribution in [2.24, 2.45) is 0 Å². The molecule has 0 aromatic heterocycles. The Kier molecular flexibility index (Phi) is 6.60. The van der Waals surface area contributed by atoms with E-state index in [1.807, 2.05) is 34.6 Å². The molecule has 0 spiro atoms. The van der Waals surface area contributed by atoms with Gasteiger partial charge in [-0.25, -0.2) is 0 Å². The van der Waals surface area contributed by atoms with E-state index in [1.165, 1.54) is 0 Å². The van der Waals surface area contributed by atoms with Crippen molar-refractivity contribution in [3.8, 4) is 0 Å². The van der Waals surface area contributed by atoms with Crippen LogP contribution in [0.4, 0.5) is 0 Å². The summed E-state index contributed by atoms with van der Waals surface area (Å²) in [5, 5.41) is 9.09. The molecule has 0 saturated heterocycles. The zero-order chi connectivity index (χ0) is 13.6. The van der Waals surface area contributed by atoms with Crippen molar-refractivity contribution < 1.29 is 14.7 Å². The molecule has 0 atom stereocenters. The highest BCUT2D eigenvalue weighted by atomic mass is 32.2. The number of nitrogens with zero attached hydrogens (tertiary/aromatic N) is 1. The van der Waals surface area contributed by atoms with Gasteiger partial charge < -0.3 is 10.0 Å². The summed E-state index contributed by atoms with van der Waals surface area (Å²) in [6.45, 7) is 10.1. The first-order valence-corrected chi connectivity index (χ1v) is 6.83. The maximum atomic E-state index is 12.0. The number of carbonyl (C=O) groups excluding carboxylic acids is 1. The Bertz CT molecular complexity index is 271. The fourth-order valence-corrected chi connectivity index (χ4v) is 1.99. The largest absolute Gasteiger partial charge is 0.481 e. The van der Waals surface area contributed by atoms with Crippen LogP contribution in [0, 0.1) is 0 Å². The number of hydrogen-bond acceptors (Lipinski definition) is 3. The number of carboxylic acid groups (broad SMARTS) is 1. The second-order valence-corrected chi connectivity index (χ2v) is 6.78. The second kappa shape index (κ2) is 6.89. The zero-order valence-electron chi connectivity index (χ0n) is 11.3. The lowest BCUT2D eigenvalue weighted by molar-refractivity contribution is -0.139. The molecule has 0 saturated carbocycles. The van der Waals surface area contributed by atoms with Gasteiger partial charge in [-0.2, -0.15) is 0 Å². The minimum Gasteiger partial charge on any atom is -0.481 e. The normalized spacial score (nSPS) is 11.6. The van der Waals surface area contributed by atoms with Gasteiger partial charge in [0, 0.05) is 12.1 Å². The molecule has 0 bridgehead atoms. The van der Waals surface area contributed by atoms with Crippen molar-refractivity contribution in [2.75, 3.05) is 12.3 Å². The lowest BCUT2D eigenvalue weighted by atomic mass is 10.1. The second-order valence-electron chi connectivity index (χ2n) is 5.22. The maximum Gasteiger partial charge on any atom is 0.305 e. The van der Waals surface area contributed by atoms with Crippen LogP contribution in [0.1, 0.15) is 41.0 Å². The van der Waals surface area contributed by atoms with Gasteiger partial charge in [0.25, 0.3) is 0 Å². The van der Waals surface area contributed by atoms with Gasteiger partial charge in [-0.3, -0.25) is 9.59 Å². The Labute approximate surface area is 108 Å². The lowest BCUT2D eigenvalue weighted by Gasteiger charge is -2.35. The van der Waals surface area contributed by atoms with E-state index in [9.17, 15) is 9.59 Å². The lowest BCUT2D eigenvalue weighted by Crippen LogP contribution is -2.47. The molecule has 0 aliphatic carbocycles. The molecule has 0 aromatic rings. The molecule has 4 nitrogen and oxygen atoms in total. The fourth-order valence-electron chi connectivity index (χ4n) is 1.36. The molecule has 0 aliphatic rings. The SMILES string of the molecule is CC(C)SCC(=O)N(CCC(=O)O)C(C)(C)C. The van der Waals surface area contributed by atoms with Crippen LogP contribution in [0.5, 0.6) is 0 Å². The fraction of sp³-hybridized carbons (Fsp3) is 0.833. The van der Waals surface area contributed by atoms with Gasteiger partial charge in [0.2, 0.25) is 5.91 Å². The van der Waals surface area contributed by atoms with E-state index in [2.05, 4.69) is 0 Å². The molecule has 0 aromatic carbocycles. The smallest absolute Gasteiger partial charge is 0.305 e. The van der Waals surface area contributed by atoms with Crippen LogP contribution in [0.25, 0.3) is 0 Å². The molecule has 0 radical (unpaired) electrons. The van der Waals surface area contributed by atoms with E-state index in [-0.39, 0.29) is 24.4 Å². The number of amides is 1. The van der Waals surface area contributed by atoms with E-state index in [4.69, 9.17) is 5.11 Å². The summed E-state index contributed by atoms with van der Waals surface area (Å²) in [5.41, 5.74) is -0.329. The Hall–Kier alpha value is -0.710. The predicted octanol–water partition coefficient (Wildman–Crippen LogP) is 2.23. The van der Waals surface area contributed by atoms with Crippen molar-refractivity contribution in [2.45, 2.75) is 51.8 Å². The minimum absolute atomic E-state index is 0.00461. The standard InChI is InChI=1S/C12H23NO3S/c1-9(2)17-8-10(14)13(12(3,4)5)7-6-11(15)16/h9H,6-8H2,1-5H3,(H,15,16). The Balaban J connectivity index is 4.47. The number of carbonyl (C=O) groups is 2. The first-order valence-electron chi connectivity index (χ1n) is 5.78. The van der Waals surface area contributed by atoms with Gasteiger partial charge in [-0.05, 0) is 26.0 Å². The topological polar surface area (TPSA) is 57.6 Å². The van der Waals surface area contributed by atoms with E-state index >= 15 is 0 Å². The summed E-state index contributed by atoms with van der Waals surface area (Å²) >= 11 is 1.58. The van der Waals surface area contributed by atoms with Crippen molar-refractivity contribution in [3.63, 3.8) is 0 Å². The number of carboxylic acids is 1. The van der Waals surface area contributed by atoms with Crippen molar-refractivity contribution in [1.82, 2.24) is 4.90 Å². The average molecular weight is 261 g/mol. The van der Waals surface area contributed by atoms with Crippen molar-refractivity contribution in [1.29, 1.82) is 0 Å². The van der Waals surface area contributed by atoms with Crippen LogP contribution in [0.3, 0.4) is 0 Å². The van der Waals surface area contributed by atoms with Crippen LogP contribution in [0.2, 0.25) is 0 Å². The summed E-state index contributed by atoms with van der Waals surface area (Å²) in [6.07, 6.45) is -0.00461.